The van der Waals surface area contributed by atoms with E-state index in [9.17, 15) is 0 Å². The first kappa shape index (κ1) is 47.7. The van der Waals surface area contributed by atoms with E-state index >= 15 is 0 Å². The van der Waals surface area contributed by atoms with Crippen LogP contribution in [0.1, 0.15) is 125 Å². The number of para-hydroxylation sites is 1. The average Bonchev–Trinajstić information content (AvgIpc) is 4.04. The van der Waals surface area contributed by atoms with Crippen molar-refractivity contribution in [2.45, 2.75) is 96.3 Å². The molecule has 0 unspecified atom stereocenters. The summed E-state index contributed by atoms with van der Waals surface area (Å²) in [4.78, 5) is 2.54. The van der Waals surface area contributed by atoms with Crippen molar-refractivity contribution >= 4 is 17.1 Å². The highest BCUT2D eigenvalue weighted by atomic mass is 15.1. The molecule has 3 aliphatic carbocycles. The lowest BCUT2D eigenvalue weighted by molar-refractivity contribution is 0.585. The summed E-state index contributed by atoms with van der Waals surface area (Å²) in [7, 11) is 0. The van der Waals surface area contributed by atoms with Crippen LogP contribution < -0.4 is 4.90 Å². The van der Waals surface area contributed by atoms with Gasteiger partial charge in [-0.25, -0.2) is 0 Å². The Labute approximate surface area is 451 Å². The van der Waals surface area contributed by atoms with Crippen LogP contribution in [-0.2, 0) is 27.1 Å². The Kier molecular flexibility index (Phi) is 10.7. The summed E-state index contributed by atoms with van der Waals surface area (Å²) in [5, 5.41) is 0. The average molecular weight is 982 g/mol. The lowest BCUT2D eigenvalue weighted by Crippen LogP contribution is -2.30. The summed E-state index contributed by atoms with van der Waals surface area (Å²) < 4.78 is 0. The second-order valence-corrected chi connectivity index (χ2v) is 24.9. The topological polar surface area (TPSA) is 3.24 Å². The predicted molar refractivity (Wildman–Crippen MR) is 322 cm³/mol. The van der Waals surface area contributed by atoms with Crippen LogP contribution >= 0.6 is 0 Å². The van der Waals surface area contributed by atoms with E-state index in [1.807, 2.05) is 0 Å². The molecule has 1 nitrogen and oxygen atoms in total. The van der Waals surface area contributed by atoms with Crippen molar-refractivity contribution in [3.8, 4) is 55.6 Å². The Bertz CT molecular complexity index is 3900. The number of anilines is 3. The molecule has 0 fully saturated rings. The number of hydrogen-bond donors (Lipinski definition) is 0. The van der Waals surface area contributed by atoms with Crippen molar-refractivity contribution in [1.82, 2.24) is 0 Å². The highest BCUT2D eigenvalue weighted by Gasteiger charge is 2.47. The summed E-state index contributed by atoms with van der Waals surface area (Å²) in [6, 6.07) is 86.0. The van der Waals surface area contributed by atoms with Crippen LogP contribution in [0.15, 0.2) is 224 Å². The van der Waals surface area contributed by atoms with Crippen LogP contribution in [0.25, 0.3) is 55.6 Å². The number of benzene rings is 10. The third-order valence-corrected chi connectivity index (χ3v) is 17.7. The molecule has 0 bridgehead atoms. The monoisotopic (exact) mass is 982 g/mol. The highest BCUT2D eigenvalue weighted by molar-refractivity contribution is 5.96. The van der Waals surface area contributed by atoms with E-state index < -0.39 is 5.41 Å². The molecule has 0 saturated carbocycles. The minimum atomic E-state index is -0.615. The molecule has 0 amide bonds. The summed E-state index contributed by atoms with van der Waals surface area (Å²) in [6.07, 6.45) is 0. The molecule has 0 aromatic heterocycles. The summed E-state index contributed by atoms with van der Waals surface area (Å²) >= 11 is 0. The number of nitrogens with zero attached hydrogens (tertiary/aromatic N) is 1. The van der Waals surface area contributed by atoms with Crippen molar-refractivity contribution in [2.24, 2.45) is 0 Å². The van der Waals surface area contributed by atoms with Gasteiger partial charge >= 0.3 is 0 Å². The first-order valence-electron chi connectivity index (χ1n) is 27.4. The van der Waals surface area contributed by atoms with Crippen LogP contribution in [0.4, 0.5) is 17.1 Å². The summed E-state index contributed by atoms with van der Waals surface area (Å²) in [6.45, 7) is 23.5. The van der Waals surface area contributed by atoms with Gasteiger partial charge < -0.3 is 4.90 Å². The maximum Gasteiger partial charge on any atom is 0.0714 e. The van der Waals surface area contributed by atoms with Crippen molar-refractivity contribution in [3.05, 3.63) is 280 Å². The van der Waals surface area contributed by atoms with E-state index in [0.29, 0.717) is 0 Å². The minimum Gasteiger partial charge on any atom is -0.310 e. The SMILES string of the molecule is CC(C)(C)c1cccc(C2(c3cccc(C(C)(C)C)c3)c3ccccc3-c3ccc(N(c4ccc(-c5ccc6c(c5)C(C)(C)c5ccccc5-6)cc4)c4ccccc4-c4cccc5c4C(C)(C)c4ccccc4-5)cc32)c1. The van der Waals surface area contributed by atoms with Crippen LogP contribution in [0.5, 0.6) is 0 Å². The fraction of sp³-hybridized carbons (Fsp3) is 0.200. The zero-order valence-corrected chi connectivity index (χ0v) is 45.8. The maximum absolute atomic E-state index is 2.54. The van der Waals surface area contributed by atoms with Crippen molar-refractivity contribution in [2.75, 3.05) is 4.90 Å². The van der Waals surface area contributed by atoms with Gasteiger partial charge in [0, 0.05) is 27.8 Å². The molecular weight excluding hydrogens is 915 g/mol. The largest absolute Gasteiger partial charge is 0.310 e. The highest BCUT2D eigenvalue weighted by Crippen LogP contribution is 2.59. The molecule has 372 valence electrons. The second-order valence-electron chi connectivity index (χ2n) is 24.9. The molecule has 0 heterocycles. The van der Waals surface area contributed by atoms with Gasteiger partial charge in [0.25, 0.3) is 0 Å². The molecule has 76 heavy (non-hydrogen) atoms. The Morgan fingerprint density at radius 3 is 1.36 bits per heavy atom. The van der Waals surface area contributed by atoms with Crippen molar-refractivity contribution < 1.29 is 0 Å². The number of rotatable bonds is 7. The fourth-order valence-electron chi connectivity index (χ4n) is 13.7. The zero-order valence-electron chi connectivity index (χ0n) is 45.8. The van der Waals surface area contributed by atoms with Crippen LogP contribution in [0, 0.1) is 0 Å². The molecule has 0 aliphatic heterocycles. The van der Waals surface area contributed by atoms with E-state index in [2.05, 4.69) is 299 Å². The van der Waals surface area contributed by atoms with Crippen LogP contribution in [0.3, 0.4) is 0 Å². The smallest absolute Gasteiger partial charge is 0.0714 e. The first-order chi connectivity index (χ1) is 36.5. The first-order valence-corrected chi connectivity index (χ1v) is 27.4. The van der Waals surface area contributed by atoms with E-state index in [1.165, 1.54) is 111 Å². The molecule has 13 rings (SSSR count). The van der Waals surface area contributed by atoms with Gasteiger partial charge in [-0.1, -0.05) is 257 Å². The molecule has 0 radical (unpaired) electrons. The fourth-order valence-corrected chi connectivity index (χ4v) is 13.7. The van der Waals surface area contributed by atoms with Gasteiger partial charge in [0.1, 0.15) is 0 Å². The normalized spacial score (nSPS) is 15.0. The Hall–Kier alpha value is -8.00. The molecule has 10 aromatic carbocycles. The van der Waals surface area contributed by atoms with E-state index in [-0.39, 0.29) is 21.7 Å². The van der Waals surface area contributed by atoms with Gasteiger partial charge in [-0.2, -0.15) is 0 Å². The standard InChI is InChI=1S/C75H67N/c1-71(2,3)50-22-19-24-52(45-50)75(53-25-20-23-51(46-53)72(4,5)6)66-34-17-13-27-57(66)60-43-41-55(47-68(60)75)76(54-39-36-48(37-40-54)49-38-42-59-56-26-11-15-32-64(56)73(7,8)67(59)44-49)69-35-18-14-29-61(69)63-31-21-30-62-58-28-12-16-33-65(58)74(9,10)70(62)63/h11-47H,1-10H3. The maximum atomic E-state index is 2.54. The molecule has 0 N–H and O–H groups in total. The lowest BCUT2D eigenvalue weighted by Gasteiger charge is -2.37. The lowest BCUT2D eigenvalue weighted by atomic mass is 9.66. The van der Waals surface area contributed by atoms with Crippen LogP contribution in [-0.4, -0.2) is 0 Å². The summed E-state index contributed by atoms with van der Waals surface area (Å²) in [5.41, 5.74) is 28.5. The van der Waals surface area contributed by atoms with Crippen molar-refractivity contribution in [3.63, 3.8) is 0 Å². The molecular formula is C75H67N. The molecule has 0 saturated heterocycles. The molecule has 10 aromatic rings. The third-order valence-electron chi connectivity index (χ3n) is 17.7. The number of fused-ring (bicyclic) bond motifs is 9. The molecule has 1 heteroatoms. The Balaban J connectivity index is 1.05. The third kappa shape index (κ3) is 7.11. The molecule has 0 spiro atoms. The minimum absolute atomic E-state index is 0.0471. The van der Waals surface area contributed by atoms with E-state index in [4.69, 9.17) is 0 Å². The molecule has 0 atom stereocenters. The number of hydrogen-bond acceptors (Lipinski definition) is 1. The zero-order chi connectivity index (χ0) is 52.5. The quantitative estimate of drug-likeness (QED) is 0.154. The molecule has 3 aliphatic rings. The van der Waals surface area contributed by atoms with E-state index in [0.717, 1.165) is 17.1 Å². The van der Waals surface area contributed by atoms with Gasteiger partial charge in [0.15, 0.2) is 0 Å². The Morgan fingerprint density at radius 1 is 0.303 bits per heavy atom. The van der Waals surface area contributed by atoms with Crippen LogP contribution in [0.2, 0.25) is 0 Å². The van der Waals surface area contributed by atoms with Gasteiger partial charge in [-0.05, 0) is 153 Å². The van der Waals surface area contributed by atoms with Gasteiger partial charge in [-0.3, -0.25) is 0 Å². The van der Waals surface area contributed by atoms with Gasteiger partial charge in [0.2, 0.25) is 0 Å². The van der Waals surface area contributed by atoms with Crippen molar-refractivity contribution in [1.29, 1.82) is 0 Å². The van der Waals surface area contributed by atoms with E-state index in [1.54, 1.807) is 0 Å². The summed E-state index contributed by atoms with van der Waals surface area (Å²) in [5.74, 6) is 0. The van der Waals surface area contributed by atoms with Gasteiger partial charge in [0.05, 0.1) is 11.1 Å². The van der Waals surface area contributed by atoms with Gasteiger partial charge in [-0.15, -0.1) is 0 Å². The Morgan fingerprint density at radius 2 is 0.737 bits per heavy atom. The predicted octanol–water partition coefficient (Wildman–Crippen LogP) is 20.1. The second kappa shape index (κ2) is 17.0.